The van der Waals surface area contributed by atoms with Crippen molar-refractivity contribution in [1.29, 1.82) is 5.26 Å². The van der Waals surface area contributed by atoms with Gasteiger partial charge in [0, 0.05) is 5.69 Å². The zero-order valence-electron chi connectivity index (χ0n) is 10.5. The summed E-state index contributed by atoms with van der Waals surface area (Å²) < 4.78 is 5.91. The zero-order chi connectivity index (χ0) is 12.3. The summed E-state index contributed by atoms with van der Waals surface area (Å²) in [6.45, 7) is 3.86. The van der Waals surface area contributed by atoms with Gasteiger partial charge >= 0.3 is 0 Å². The van der Waals surface area contributed by atoms with E-state index in [9.17, 15) is 0 Å². The molecule has 1 aliphatic carbocycles. The summed E-state index contributed by atoms with van der Waals surface area (Å²) in [7, 11) is 0. The molecule has 0 unspecified atom stereocenters. The van der Waals surface area contributed by atoms with E-state index >= 15 is 0 Å². The summed E-state index contributed by atoms with van der Waals surface area (Å²) in [4.78, 5) is 4.35. The third-order valence-electron chi connectivity index (χ3n) is 3.25. The number of aromatic nitrogens is 1. The lowest BCUT2D eigenvalue weighted by Gasteiger charge is -2.23. The van der Waals surface area contributed by atoms with Gasteiger partial charge in [-0.15, -0.1) is 0 Å². The van der Waals surface area contributed by atoms with Crippen LogP contribution in [0.2, 0.25) is 0 Å². The minimum atomic E-state index is 0.240. The van der Waals surface area contributed by atoms with Gasteiger partial charge < -0.3 is 4.74 Å². The van der Waals surface area contributed by atoms with Crippen molar-refractivity contribution in [3.05, 3.63) is 22.9 Å². The lowest BCUT2D eigenvalue weighted by atomic mass is 9.98. The average molecular weight is 230 g/mol. The van der Waals surface area contributed by atoms with Gasteiger partial charge in [-0.3, -0.25) is 0 Å². The van der Waals surface area contributed by atoms with Gasteiger partial charge in [-0.1, -0.05) is 6.42 Å². The maximum Gasteiger partial charge on any atom is 0.232 e. The van der Waals surface area contributed by atoms with E-state index in [4.69, 9.17) is 10.00 Å². The SMILES string of the molecule is Cc1cc(C)c(C#N)c(OC2CCCCC2)n1. The molecule has 0 aromatic carbocycles. The van der Waals surface area contributed by atoms with Gasteiger partial charge in [-0.05, 0) is 51.2 Å². The summed E-state index contributed by atoms with van der Waals surface area (Å²) in [6.07, 6.45) is 6.14. The van der Waals surface area contributed by atoms with Crippen LogP contribution in [0.4, 0.5) is 0 Å². The van der Waals surface area contributed by atoms with Crippen molar-refractivity contribution >= 4 is 0 Å². The Hall–Kier alpha value is -1.56. The average Bonchev–Trinajstić information content (AvgIpc) is 2.30. The maximum absolute atomic E-state index is 9.15. The summed E-state index contributed by atoms with van der Waals surface area (Å²) in [5.74, 6) is 0.525. The van der Waals surface area contributed by atoms with Gasteiger partial charge in [0.15, 0.2) is 0 Å². The van der Waals surface area contributed by atoms with Gasteiger partial charge in [-0.2, -0.15) is 5.26 Å². The predicted octanol–water partition coefficient (Wildman–Crippen LogP) is 3.28. The number of aryl methyl sites for hydroxylation is 2. The Morgan fingerprint density at radius 1 is 1.29 bits per heavy atom. The lowest BCUT2D eigenvalue weighted by molar-refractivity contribution is 0.148. The van der Waals surface area contributed by atoms with Crippen LogP contribution in [0.25, 0.3) is 0 Å². The van der Waals surface area contributed by atoms with Crippen LogP contribution in [0.3, 0.4) is 0 Å². The van der Waals surface area contributed by atoms with Crippen LogP contribution >= 0.6 is 0 Å². The highest BCUT2D eigenvalue weighted by atomic mass is 16.5. The summed E-state index contributed by atoms with van der Waals surface area (Å²) in [5.41, 5.74) is 2.44. The number of nitriles is 1. The van der Waals surface area contributed by atoms with Gasteiger partial charge in [0.05, 0.1) is 0 Å². The van der Waals surface area contributed by atoms with Crippen molar-refractivity contribution in [2.45, 2.75) is 52.1 Å². The summed E-state index contributed by atoms with van der Waals surface area (Å²) >= 11 is 0. The van der Waals surface area contributed by atoms with E-state index in [1.165, 1.54) is 19.3 Å². The number of hydrogen-bond donors (Lipinski definition) is 0. The summed E-state index contributed by atoms with van der Waals surface area (Å²) in [5, 5.41) is 9.15. The quantitative estimate of drug-likeness (QED) is 0.783. The molecule has 2 rings (SSSR count). The van der Waals surface area contributed by atoms with E-state index in [0.717, 1.165) is 24.1 Å². The molecule has 0 N–H and O–H groups in total. The fraction of sp³-hybridized carbons (Fsp3) is 0.571. The first kappa shape index (κ1) is 11.9. The Kier molecular flexibility index (Phi) is 3.63. The van der Waals surface area contributed by atoms with E-state index in [-0.39, 0.29) is 6.10 Å². The molecule has 3 heteroatoms. The van der Waals surface area contributed by atoms with Crippen LogP contribution in [0.1, 0.15) is 48.9 Å². The van der Waals surface area contributed by atoms with E-state index in [0.29, 0.717) is 11.4 Å². The highest BCUT2D eigenvalue weighted by Gasteiger charge is 2.18. The molecular weight excluding hydrogens is 212 g/mol. The topological polar surface area (TPSA) is 45.9 Å². The van der Waals surface area contributed by atoms with Crippen LogP contribution in [-0.4, -0.2) is 11.1 Å². The third kappa shape index (κ3) is 2.76. The normalized spacial score (nSPS) is 16.5. The second kappa shape index (κ2) is 5.18. The van der Waals surface area contributed by atoms with E-state index < -0.39 is 0 Å². The van der Waals surface area contributed by atoms with Crippen molar-refractivity contribution in [3.8, 4) is 11.9 Å². The highest BCUT2D eigenvalue weighted by molar-refractivity contribution is 5.45. The Labute approximate surface area is 102 Å². The first-order valence-electron chi connectivity index (χ1n) is 6.25. The van der Waals surface area contributed by atoms with Crippen molar-refractivity contribution < 1.29 is 4.74 Å². The molecule has 1 aromatic rings. The van der Waals surface area contributed by atoms with Gasteiger partial charge in [0.2, 0.25) is 5.88 Å². The Balaban J connectivity index is 2.22. The minimum absolute atomic E-state index is 0.240. The molecule has 1 aromatic heterocycles. The second-order valence-corrected chi connectivity index (χ2v) is 4.75. The molecule has 0 bridgehead atoms. The fourth-order valence-electron chi connectivity index (χ4n) is 2.36. The van der Waals surface area contributed by atoms with Crippen molar-refractivity contribution in [2.75, 3.05) is 0 Å². The largest absolute Gasteiger partial charge is 0.473 e. The van der Waals surface area contributed by atoms with Crippen LogP contribution in [0, 0.1) is 25.2 Å². The molecule has 0 radical (unpaired) electrons. The highest BCUT2D eigenvalue weighted by Crippen LogP contribution is 2.26. The van der Waals surface area contributed by atoms with E-state index in [2.05, 4.69) is 11.1 Å². The van der Waals surface area contributed by atoms with Crippen LogP contribution in [0.15, 0.2) is 6.07 Å². The van der Waals surface area contributed by atoms with Gasteiger partial charge in [-0.25, -0.2) is 4.98 Å². The predicted molar refractivity (Wildman–Crippen MR) is 65.9 cm³/mol. The molecule has 1 fully saturated rings. The molecule has 1 heterocycles. The number of rotatable bonds is 2. The molecule has 90 valence electrons. The van der Waals surface area contributed by atoms with E-state index in [1.54, 1.807) is 0 Å². The molecule has 0 aliphatic heterocycles. The van der Waals surface area contributed by atoms with Crippen molar-refractivity contribution in [1.82, 2.24) is 4.98 Å². The van der Waals surface area contributed by atoms with Gasteiger partial charge in [0.25, 0.3) is 0 Å². The number of ether oxygens (including phenoxy) is 1. The minimum Gasteiger partial charge on any atom is -0.473 e. The summed E-state index contributed by atoms with van der Waals surface area (Å²) in [6, 6.07) is 4.12. The fourth-order valence-corrected chi connectivity index (χ4v) is 2.36. The number of nitrogens with zero attached hydrogens (tertiary/aromatic N) is 2. The van der Waals surface area contributed by atoms with Crippen molar-refractivity contribution in [3.63, 3.8) is 0 Å². The molecule has 17 heavy (non-hydrogen) atoms. The van der Waals surface area contributed by atoms with Crippen molar-refractivity contribution in [2.24, 2.45) is 0 Å². The molecule has 1 saturated carbocycles. The Morgan fingerprint density at radius 2 is 2.00 bits per heavy atom. The molecular formula is C14H18N2O. The molecule has 1 aliphatic rings. The molecule has 0 spiro atoms. The molecule has 0 saturated heterocycles. The first-order chi connectivity index (χ1) is 8.20. The van der Waals surface area contributed by atoms with Crippen LogP contribution < -0.4 is 4.74 Å². The monoisotopic (exact) mass is 230 g/mol. The molecule has 0 amide bonds. The van der Waals surface area contributed by atoms with Gasteiger partial charge in [0.1, 0.15) is 17.7 Å². The smallest absolute Gasteiger partial charge is 0.232 e. The van der Waals surface area contributed by atoms with E-state index in [1.807, 2.05) is 19.9 Å². The third-order valence-corrected chi connectivity index (χ3v) is 3.25. The van der Waals surface area contributed by atoms with Crippen LogP contribution in [-0.2, 0) is 0 Å². The zero-order valence-corrected chi connectivity index (χ0v) is 10.5. The Morgan fingerprint density at radius 3 is 2.65 bits per heavy atom. The second-order valence-electron chi connectivity index (χ2n) is 4.75. The first-order valence-corrected chi connectivity index (χ1v) is 6.25. The standard InChI is InChI=1S/C14H18N2O/c1-10-8-11(2)16-14(13(10)9-15)17-12-6-4-3-5-7-12/h8,12H,3-7H2,1-2H3. The number of pyridine rings is 1. The Bertz CT molecular complexity index is 442. The van der Waals surface area contributed by atoms with Crippen LogP contribution in [0.5, 0.6) is 5.88 Å². The maximum atomic E-state index is 9.15. The molecule has 0 atom stereocenters. The lowest BCUT2D eigenvalue weighted by Crippen LogP contribution is -2.21. The molecule has 3 nitrogen and oxygen atoms in total. The number of hydrogen-bond acceptors (Lipinski definition) is 3.